The van der Waals surface area contributed by atoms with Crippen LogP contribution in [0.3, 0.4) is 0 Å². The van der Waals surface area contributed by atoms with E-state index < -0.39 is 0 Å². The fourth-order valence-corrected chi connectivity index (χ4v) is 4.16. The molecule has 5 rings (SSSR count). The summed E-state index contributed by atoms with van der Waals surface area (Å²) in [6.07, 6.45) is 2.34. The van der Waals surface area contributed by atoms with Crippen molar-refractivity contribution >= 4 is 22.8 Å². The van der Waals surface area contributed by atoms with Crippen LogP contribution in [0.25, 0.3) is 11.0 Å². The molecule has 2 aromatic carbocycles. The van der Waals surface area contributed by atoms with E-state index >= 15 is 0 Å². The maximum atomic E-state index is 12.9. The molecule has 0 radical (unpaired) electrons. The lowest BCUT2D eigenvalue weighted by Crippen LogP contribution is -2.31. The zero-order valence-corrected chi connectivity index (χ0v) is 14.5. The van der Waals surface area contributed by atoms with Gasteiger partial charge in [0.05, 0.1) is 24.2 Å². The summed E-state index contributed by atoms with van der Waals surface area (Å²) < 4.78 is 7.76. The van der Waals surface area contributed by atoms with E-state index in [0.29, 0.717) is 6.42 Å². The summed E-state index contributed by atoms with van der Waals surface area (Å²) >= 11 is 0. The summed E-state index contributed by atoms with van der Waals surface area (Å²) in [4.78, 5) is 17.7. The molecule has 0 bridgehead atoms. The van der Waals surface area contributed by atoms with Crippen LogP contribution in [-0.4, -0.2) is 22.4 Å². The Balaban J connectivity index is 1.84. The third-order valence-electron chi connectivity index (χ3n) is 5.28. The van der Waals surface area contributed by atoms with Gasteiger partial charge in [0.1, 0.15) is 5.75 Å². The summed E-state index contributed by atoms with van der Waals surface area (Å²) in [5, 5.41) is 3.43. The molecule has 1 aliphatic carbocycles. The lowest BCUT2D eigenvalue weighted by atomic mass is 9.85. The topological polar surface area (TPSA) is 56.1 Å². The second-order valence-electron chi connectivity index (χ2n) is 6.73. The molecule has 1 aromatic heterocycles. The molecule has 3 aromatic rings. The quantitative estimate of drug-likeness (QED) is 0.761. The van der Waals surface area contributed by atoms with Gasteiger partial charge >= 0.3 is 0 Å². The minimum absolute atomic E-state index is 0.207. The molecule has 0 saturated heterocycles. The van der Waals surface area contributed by atoms with Crippen molar-refractivity contribution in [3.63, 3.8) is 0 Å². The van der Waals surface area contributed by atoms with Crippen LogP contribution in [-0.2, 0) is 4.79 Å². The molecule has 2 aliphatic rings. The van der Waals surface area contributed by atoms with Gasteiger partial charge in [0.25, 0.3) is 0 Å². The molecule has 2 heterocycles. The number of hydrogen-bond acceptors (Lipinski definition) is 4. The maximum Gasteiger partial charge on any atom is 0.209 e. The normalized spacial score (nSPS) is 19.1. The molecule has 130 valence electrons. The number of ether oxygens (including phenoxy) is 1. The third kappa shape index (κ3) is 2.10. The molecule has 0 fully saturated rings. The zero-order valence-electron chi connectivity index (χ0n) is 14.5. The Morgan fingerprint density at radius 1 is 1.12 bits per heavy atom. The highest BCUT2D eigenvalue weighted by Crippen LogP contribution is 2.44. The number of nitrogens with one attached hydrogen (secondary N) is 1. The first-order valence-corrected chi connectivity index (χ1v) is 8.91. The average molecular weight is 345 g/mol. The van der Waals surface area contributed by atoms with E-state index in [0.717, 1.165) is 52.4 Å². The number of carbonyl (C=O) groups excluding carboxylic acids is 1. The fraction of sp³-hybridized carbons (Fsp3) is 0.238. The molecular weight excluding hydrogens is 326 g/mol. The Labute approximate surface area is 151 Å². The number of rotatable bonds is 2. The Kier molecular flexibility index (Phi) is 3.35. The van der Waals surface area contributed by atoms with Crippen LogP contribution in [0.15, 0.2) is 59.8 Å². The van der Waals surface area contributed by atoms with Gasteiger partial charge in [-0.2, -0.15) is 0 Å². The molecule has 5 nitrogen and oxygen atoms in total. The first-order valence-electron chi connectivity index (χ1n) is 8.91. The van der Waals surface area contributed by atoms with Crippen LogP contribution >= 0.6 is 0 Å². The number of nitrogens with zero attached hydrogens (tertiary/aromatic N) is 2. The van der Waals surface area contributed by atoms with Gasteiger partial charge in [0.2, 0.25) is 5.95 Å². The van der Waals surface area contributed by atoms with Gasteiger partial charge < -0.3 is 10.1 Å². The average Bonchev–Trinajstić information content (AvgIpc) is 3.04. The summed E-state index contributed by atoms with van der Waals surface area (Å²) in [6, 6.07) is 15.8. The van der Waals surface area contributed by atoms with Crippen LogP contribution in [0.4, 0.5) is 5.95 Å². The predicted molar refractivity (Wildman–Crippen MR) is 100 cm³/mol. The largest absolute Gasteiger partial charge is 0.496 e. The standard InChI is InChI=1S/C21H19N3O2/c1-26-18-12-5-2-7-13(18)20-19-15(9-6-11-17(19)25)23-21-22-14-8-3-4-10-16(14)24(20)21/h2-5,7-8,10,12,20H,6,9,11H2,1H3,(H,22,23)/t20-/m0/s1. The molecule has 0 amide bonds. The molecule has 26 heavy (non-hydrogen) atoms. The molecular formula is C21H19N3O2. The van der Waals surface area contributed by atoms with E-state index in [1.54, 1.807) is 7.11 Å². The van der Waals surface area contributed by atoms with Gasteiger partial charge in [-0.25, -0.2) is 4.98 Å². The van der Waals surface area contributed by atoms with Crippen molar-refractivity contribution in [3.8, 4) is 5.75 Å². The van der Waals surface area contributed by atoms with Gasteiger partial charge in [-0.05, 0) is 31.0 Å². The van der Waals surface area contributed by atoms with Crippen LogP contribution < -0.4 is 10.1 Å². The highest BCUT2D eigenvalue weighted by Gasteiger charge is 2.37. The molecule has 1 aliphatic heterocycles. The minimum Gasteiger partial charge on any atom is -0.496 e. The predicted octanol–water partition coefficient (Wildman–Crippen LogP) is 4.07. The van der Waals surface area contributed by atoms with Crippen LogP contribution in [0.5, 0.6) is 5.75 Å². The Bertz CT molecular complexity index is 1060. The van der Waals surface area contributed by atoms with Crippen molar-refractivity contribution in [2.75, 3.05) is 12.4 Å². The highest BCUT2D eigenvalue weighted by atomic mass is 16.5. The number of aromatic nitrogens is 2. The van der Waals surface area contributed by atoms with Crippen molar-refractivity contribution in [1.82, 2.24) is 9.55 Å². The monoisotopic (exact) mass is 345 g/mol. The minimum atomic E-state index is -0.224. The number of Topliss-reactive ketones (excluding diaryl/α,β-unsaturated/α-hetero) is 1. The Morgan fingerprint density at radius 2 is 1.92 bits per heavy atom. The van der Waals surface area contributed by atoms with Crippen molar-refractivity contribution in [2.24, 2.45) is 0 Å². The SMILES string of the molecule is COc1ccccc1[C@H]1C2=C(CCCC2=O)Nc2nc3ccccc3n21. The molecule has 0 saturated carbocycles. The molecule has 0 unspecified atom stereocenters. The molecule has 1 N–H and O–H groups in total. The number of fused-ring (bicyclic) bond motifs is 3. The van der Waals surface area contributed by atoms with E-state index in [9.17, 15) is 4.79 Å². The first kappa shape index (κ1) is 15.2. The number of anilines is 1. The zero-order chi connectivity index (χ0) is 17.7. The first-order chi connectivity index (χ1) is 12.8. The molecule has 0 spiro atoms. The van der Waals surface area contributed by atoms with Crippen LogP contribution in [0.2, 0.25) is 0 Å². The smallest absolute Gasteiger partial charge is 0.209 e. The van der Waals surface area contributed by atoms with Crippen molar-refractivity contribution in [3.05, 3.63) is 65.4 Å². The third-order valence-corrected chi connectivity index (χ3v) is 5.28. The van der Waals surface area contributed by atoms with E-state index in [4.69, 9.17) is 9.72 Å². The number of para-hydroxylation sites is 3. The number of allylic oxidation sites excluding steroid dienone is 2. The number of carbonyl (C=O) groups is 1. The lowest BCUT2D eigenvalue weighted by molar-refractivity contribution is -0.116. The number of hydrogen-bond donors (Lipinski definition) is 1. The highest BCUT2D eigenvalue weighted by molar-refractivity contribution is 6.00. The van der Waals surface area contributed by atoms with Crippen molar-refractivity contribution in [1.29, 1.82) is 0 Å². The second kappa shape index (κ2) is 5.73. The van der Waals surface area contributed by atoms with E-state index in [-0.39, 0.29) is 11.8 Å². The summed E-state index contributed by atoms with van der Waals surface area (Å²) in [5.74, 6) is 1.78. The Morgan fingerprint density at radius 3 is 2.81 bits per heavy atom. The van der Waals surface area contributed by atoms with Crippen LogP contribution in [0, 0.1) is 0 Å². The summed E-state index contributed by atoms with van der Waals surface area (Å²) in [7, 11) is 1.67. The van der Waals surface area contributed by atoms with Gasteiger partial charge in [0, 0.05) is 23.3 Å². The number of benzene rings is 2. The van der Waals surface area contributed by atoms with Crippen LogP contribution in [0.1, 0.15) is 30.9 Å². The van der Waals surface area contributed by atoms with Gasteiger partial charge in [0.15, 0.2) is 5.78 Å². The summed E-state index contributed by atoms with van der Waals surface area (Å²) in [5.41, 5.74) is 4.76. The van der Waals surface area contributed by atoms with E-state index in [2.05, 4.69) is 16.0 Å². The maximum absolute atomic E-state index is 12.9. The second-order valence-corrected chi connectivity index (χ2v) is 6.73. The Hall–Kier alpha value is -3.08. The molecule has 5 heteroatoms. The number of methoxy groups -OCH3 is 1. The molecule has 1 atom stereocenters. The van der Waals surface area contributed by atoms with Crippen molar-refractivity contribution in [2.45, 2.75) is 25.3 Å². The summed E-state index contributed by atoms with van der Waals surface area (Å²) in [6.45, 7) is 0. The fourth-order valence-electron chi connectivity index (χ4n) is 4.16. The number of ketones is 1. The van der Waals surface area contributed by atoms with E-state index in [1.165, 1.54) is 0 Å². The van der Waals surface area contributed by atoms with Gasteiger partial charge in [-0.1, -0.05) is 30.3 Å². The lowest BCUT2D eigenvalue weighted by Gasteiger charge is -2.34. The van der Waals surface area contributed by atoms with Crippen molar-refractivity contribution < 1.29 is 9.53 Å². The number of imidazole rings is 1. The van der Waals surface area contributed by atoms with E-state index in [1.807, 2.05) is 42.5 Å². The van der Waals surface area contributed by atoms with Gasteiger partial charge in [-0.3, -0.25) is 9.36 Å². The van der Waals surface area contributed by atoms with Gasteiger partial charge in [-0.15, -0.1) is 0 Å².